The molecule has 0 spiro atoms. The fourth-order valence-electron chi connectivity index (χ4n) is 2.13. The summed E-state index contributed by atoms with van der Waals surface area (Å²) in [6.45, 7) is 3.62. The molecule has 0 aliphatic carbocycles. The molecule has 0 saturated heterocycles. The first kappa shape index (κ1) is 16.7. The minimum Gasteiger partial charge on any atom is -0.494 e. The summed E-state index contributed by atoms with van der Waals surface area (Å²) < 4.78 is 3.10. The Bertz CT molecular complexity index is 758. The van der Waals surface area contributed by atoms with Crippen molar-refractivity contribution >= 4 is 6.21 Å². The van der Waals surface area contributed by atoms with E-state index in [9.17, 15) is 14.7 Å². The maximum absolute atomic E-state index is 11.8. The van der Waals surface area contributed by atoms with Gasteiger partial charge in [-0.05, 0) is 12.8 Å². The molecule has 2 aromatic rings. The van der Waals surface area contributed by atoms with Crippen LogP contribution in [0.25, 0.3) is 0 Å². The van der Waals surface area contributed by atoms with Crippen LogP contribution in [0.15, 0.2) is 33.3 Å². The molecule has 8 heteroatoms. The Labute approximate surface area is 133 Å². The number of aryl methyl sites for hydroxylation is 1. The van der Waals surface area contributed by atoms with Crippen molar-refractivity contribution in [3.63, 3.8) is 0 Å². The minimum atomic E-state index is -0.626. The van der Waals surface area contributed by atoms with Crippen molar-refractivity contribution in [1.29, 1.82) is 0 Å². The molecule has 0 saturated carbocycles. The molecular formula is C15H21N5O3. The van der Waals surface area contributed by atoms with Gasteiger partial charge in [0, 0.05) is 38.2 Å². The average Bonchev–Trinajstić information content (AvgIpc) is 3.03. The summed E-state index contributed by atoms with van der Waals surface area (Å²) in [6.07, 6.45) is 9.02. The molecule has 0 fully saturated rings. The highest BCUT2D eigenvalue weighted by Gasteiger charge is 2.11. The molecule has 2 rings (SSSR count). The summed E-state index contributed by atoms with van der Waals surface area (Å²) in [6, 6.07) is 0. The van der Waals surface area contributed by atoms with E-state index in [1.54, 1.807) is 12.5 Å². The molecular weight excluding hydrogens is 298 g/mol. The third-order valence-corrected chi connectivity index (χ3v) is 3.43. The molecule has 0 amide bonds. The molecule has 0 atom stereocenters. The van der Waals surface area contributed by atoms with Crippen molar-refractivity contribution in [2.24, 2.45) is 4.99 Å². The highest BCUT2D eigenvalue weighted by molar-refractivity contribution is 5.81. The number of nitrogens with zero attached hydrogens (tertiary/aromatic N) is 4. The first-order chi connectivity index (χ1) is 11.1. The molecule has 2 aromatic heterocycles. The molecule has 2 heterocycles. The number of aromatic amines is 1. The number of imidazole rings is 1. The first-order valence-electron chi connectivity index (χ1n) is 7.65. The highest BCUT2D eigenvalue weighted by atomic mass is 16.3. The number of hydrogen-bond donors (Lipinski definition) is 2. The van der Waals surface area contributed by atoms with Gasteiger partial charge in [-0.3, -0.25) is 19.3 Å². The zero-order valence-corrected chi connectivity index (χ0v) is 13.1. The average molecular weight is 319 g/mol. The van der Waals surface area contributed by atoms with Crippen molar-refractivity contribution in [1.82, 2.24) is 19.1 Å². The van der Waals surface area contributed by atoms with Gasteiger partial charge in [-0.15, -0.1) is 0 Å². The molecule has 124 valence electrons. The maximum Gasteiger partial charge on any atom is 0.331 e. The molecule has 0 bridgehead atoms. The van der Waals surface area contributed by atoms with Gasteiger partial charge >= 0.3 is 5.69 Å². The van der Waals surface area contributed by atoms with Gasteiger partial charge in [-0.2, -0.15) is 0 Å². The van der Waals surface area contributed by atoms with Crippen LogP contribution in [0.2, 0.25) is 0 Å². The molecule has 0 unspecified atom stereocenters. The zero-order chi connectivity index (χ0) is 16.7. The van der Waals surface area contributed by atoms with Gasteiger partial charge in [0.25, 0.3) is 5.56 Å². The number of nitrogens with one attached hydrogen (secondary N) is 1. The van der Waals surface area contributed by atoms with Crippen LogP contribution in [0.1, 0.15) is 31.7 Å². The van der Waals surface area contributed by atoms with Crippen LogP contribution in [0.3, 0.4) is 0 Å². The summed E-state index contributed by atoms with van der Waals surface area (Å²) in [5.41, 5.74) is -1.21. The lowest BCUT2D eigenvalue weighted by Crippen LogP contribution is -2.32. The van der Waals surface area contributed by atoms with Gasteiger partial charge in [0.05, 0.1) is 6.33 Å². The Morgan fingerprint density at radius 3 is 2.87 bits per heavy atom. The third kappa shape index (κ3) is 4.41. The molecule has 0 radical (unpaired) electrons. The lowest BCUT2D eigenvalue weighted by atomic mass is 10.3. The quantitative estimate of drug-likeness (QED) is 0.553. The number of H-pyrrole nitrogens is 1. The molecule has 23 heavy (non-hydrogen) atoms. The normalized spacial score (nSPS) is 11.3. The summed E-state index contributed by atoms with van der Waals surface area (Å²) in [7, 11) is 0. The lowest BCUT2D eigenvalue weighted by Gasteiger charge is -2.08. The summed E-state index contributed by atoms with van der Waals surface area (Å²) in [5.74, 6) is -0.328. The predicted molar refractivity (Wildman–Crippen MR) is 87.2 cm³/mol. The number of aliphatic imine (C=N–C) groups is 1. The van der Waals surface area contributed by atoms with Gasteiger partial charge < -0.3 is 9.67 Å². The first-order valence-corrected chi connectivity index (χ1v) is 7.65. The summed E-state index contributed by atoms with van der Waals surface area (Å²) >= 11 is 0. The van der Waals surface area contributed by atoms with Crippen LogP contribution in [-0.2, 0) is 13.1 Å². The third-order valence-electron chi connectivity index (χ3n) is 3.43. The van der Waals surface area contributed by atoms with E-state index >= 15 is 0 Å². The minimum absolute atomic E-state index is 0.0170. The molecule has 2 N–H and O–H groups in total. The summed E-state index contributed by atoms with van der Waals surface area (Å²) in [4.78, 5) is 33.8. The largest absolute Gasteiger partial charge is 0.494 e. The van der Waals surface area contributed by atoms with E-state index in [1.807, 2.05) is 17.7 Å². The Morgan fingerprint density at radius 2 is 2.17 bits per heavy atom. The van der Waals surface area contributed by atoms with Gasteiger partial charge in [-0.25, -0.2) is 9.78 Å². The van der Waals surface area contributed by atoms with Gasteiger partial charge in [0.1, 0.15) is 5.56 Å². The molecule has 0 aromatic carbocycles. The number of rotatable bonds is 8. The lowest BCUT2D eigenvalue weighted by molar-refractivity contribution is 0.394. The topological polar surface area (TPSA) is 105 Å². The SMILES string of the molecule is CCCCn1c(O)c(C=NCCCn2ccnc2)c(=O)[nH]c1=O. The van der Waals surface area contributed by atoms with Crippen molar-refractivity contribution in [3.05, 3.63) is 45.1 Å². The van der Waals surface area contributed by atoms with E-state index in [1.165, 1.54) is 6.21 Å². The Morgan fingerprint density at radius 1 is 1.35 bits per heavy atom. The van der Waals surface area contributed by atoms with Crippen LogP contribution in [0, 0.1) is 0 Å². The Balaban J connectivity index is 2.04. The van der Waals surface area contributed by atoms with E-state index in [4.69, 9.17) is 0 Å². The second kappa shape index (κ2) is 8.11. The molecule has 0 aliphatic rings. The van der Waals surface area contributed by atoms with E-state index in [-0.39, 0.29) is 11.4 Å². The molecule has 0 aliphatic heterocycles. The fourth-order valence-corrected chi connectivity index (χ4v) is 2.13. The monoisotopic (exact) mass is 319 g/mol. The van der Waals surface area contributed by atoms with Gasteiger partial charge in [-0.1, -0.05) is 13.3 Å². The highest BCUT2D eigenvalue weighted by Crippen LogP contribution is 2.09. The smallest absolute Gasteiger partial charge is 0.331 e. The van der Waals surface area contributed by atoms with Crippen molar-refractivity contribution in [2.45, 2.75) is 39.3 Å². The van der Waals surface area contributed by atoms with E-state index in [2.05, 4.69) is 15.0 Å². The van der Waals surface area contributed by atoms with Crippen LogP contribution >= 0.6 is 0 Å². The van der Waals surface area contributed by atoms with Crippen molar-refractivity contribution in [2.75, 3.05) is 6.54 Å². The van der Waals surface area contributed by atoms with Crippen LogP contribution in [0.5, 0.6) is 5.88 Å². The fraction of sp³-hybridized carbons (Fsp3) is 0.467. The number of hydrogen-bond acceptors (Lipinski definition) is 5. The second-order valence-electron chi connectivity index (χ2n) is 5.19. The van der Waals surface area contributed by atoms with E-state index in [0.29, 0.717) is 13.1 Å². The number of aromatic nitrogens is 4. The standard InChI is InChI=1S/C15H21N5O3/c1-2-3-8-20-14(22)12(13(21)18-15(20)23)10-16-5-4-7-19-9-6-17-11-19/h6,9-11,22H,2-5,7-8H2,1H3,(H,18,21,23). The Hall–Kier alpha value is -2.64. The van der Waals surface area contributed by atoms with E-state index < -0.39 is 11.2 Å². The number of aromatic hydroxyl groups is 1. The number of unbranched alkanes of at least 4 members (excludes halogenated alkanes) is 1. The Kier molecular flexibility index (Phi) is 5.90. The summed E-state index contributed by atoms with van der Waals surface area (Å²) in [5, 5.41) is 10.1. The van der Waals surface area contributed by atoms with Crippen molar-refractivity contribution < 1.29 is 5.11 Å². The van der Waals surface area contributed by atoms with E-state index in [0.717, 1.165) is 30.4 Å². The van der Waals surface area contributed by atoms with Gasteiger partial charge in [0.15, 0.2) is 0 Å². The maximum atomic E-state index is 11.8. The molecule has 8 nitrogen and oxygen atoms in total. The van der Waals surface area contributed by atoms with Gasteiger partial charge in [0.2, 0.25) is 5.88 Å². The van der Waals surface area contributed by atoms with Crippen LogP contribution < -0.4 is 11.2 Å². The predicted octanol–water partition coefficient (Wildman–Crippen LogP) is 0.748. The zero-order valence-electron chi connectivity index (χ0n) is 13.1. The van der Waals surface area contributed by atoms with Crippen LogP contribution in [-0.4, -0.2) is 37.0 Å². The second-order valence-corrected chi connectivity index (χ2v) is 5.19. The van der Waals surface area contributed by atoms with Crippen molar-refractivity contribution in [3.8, 4) is 5.88 Å². The van der Waals surface area contributed by atoms with Crippen LogP contribution in [0.4, 0.5) is 0 Å².